The summed E-state index contributed by atoms with van der Waals surface area (Å²) in [4.78, 5) is -0.147. The van der Waals surface area contributed by atoms with Crippen LogP contribution in [0.15, 0.2) is 47.4 Å². The van der Waals surface area contributed by atoms with Gasteiger partial charge in [0.2, 0.25) is 0 Å². The molecular weight excluding hydrogens is 336 g/mol. The van der Waals surface area contributed by atoms with Crippen LogP contribution in [0, 0.1) is 6.92 Å². The maximum absolute atomic E-state index is 12.3. The first-order chi connectivity index (χ1) is 10.3. The number of nitrogens with one attached hydrogen (secondary N) is 1. The first-order valence-corrected chi connectivity index (χ1v) is 7.98. The van der Waals surface area contributed by atoms with Crippen LogP contribution in [0.3, 0.4) is 0 Å². The minimum absolute atomic E-state index is 0.0414. The quantitative estimate of drug-likeness (QED) is 0.887. The van der Waals surface area contributed by atoms with Gasteiger partial charge in [-0.05, 0) is 36.8 Å². The number of hydrogen-bond donors (Lipinski definition) is 1. The first kappa shape index (κ1) is 16.5. The van der Waals surface area contributed by atoms with Crippen LogP contribution < -0.4 is 9.46 Å². The number of benzene rings is 2. The normalized spacial score (nSPS) is 11.5. The zero-order valence-electron chi connectivity index (χ0n) is 11.4. The van der Waals surface area contributed by atoms with Gasteiger partial charge in [0, 0.05) is 0 Å². The molecule has 0 aromatic heterocycles. The van der Waals surface area contributed by atoms with E-state index in [4.69, 9.17) is 11.6 Å². The average molecular weight is 348 g/mol. The van der Waals surface area contributed by atoms with Gasteiger partial charge in [-0.1, -0.05) is 29.8 Å². The largest absolute Gasteiger partial charge is 0.433 e. The highest BCUT2D eigenvalue weighted by Gasteiger charge is 2.20. The Hall–Kier alpha value is -1.86. The van der Waals surface area contributed by atoms with Gasteiger partial charge in [-0.2, -0.15) is 8.78 Å². The molecule has 0 fully saturated rings. The van der Waals surface area contributed by atoms with Gasteiger partial charge in [0.1, 0.15) is 10.6 Å². The molecule has 0 aliphatic heterocycles. The summed E-state index contributed by atoms with van der Waals surface area (Å²) in [5, 5.41) is 0.0414. The van der Waals surface area contributed by atoms with Gasteiger partial charge in [0.05, 0.1) is 10.7 Å². The second-order valence-corrected chi connectivity index (χ2v) is 6.47. The lowest BCUT2D eigenvalue weighted by Gasteiger charge is -2.13. The number of anilines is 1. The molecule has 0 saturated carbocycles. The average Bonchev–Trinajstić information content (AvgIpc) is 2.39. The third-order valence-electron chi connectivity index (χ3n) is 2.72. The Kier molecular flexibility index (Phi) is 4.87. The molecule has 0 amide bonds. The van der Waals surface area contributed by atoms with E-state index < -0.39 is 16.6 Å². The second-order valence-electron chi connectivity index (χ2n) is 4.41. The predicted molar refractivity (Wildman–Crippen MR) is 80.1 cm³/mol. The minimum Gasteiger partial charge on any atom is -0.433 e. The summed E-state index contributed by atoms with van der Waals surface area (Å²) in [6.07, 6.45) is 0. The fraction of sp³-hybridized carbons (Fsp3) is 0.143. The summed E-state index contributed by atoms with van der Waals surface area (Å²) in [5.74, 6) is -0.274. The van der Waals surface area contributed by atoms with Crippen molar-refractivity contribution in [3.63, 3.8) is 0 Å². The molecule has 0 unspecified atom stereocenters. The monoisotopic (exact) mass is 347 g/mol. The van der Waals surface area contributed by atoms with E-state index in [2.05, 4.69) is 9.46 Å². The molecule has 22 heavy (non-hydrogen) atoms. The first-order valence-electron chi connectivity index (χ1n) is 6.12. The Labute approximate surface area is 131 Å². The van der Waals surface area contributed by atoms with Crippen molar-refractivity contribution in [3.8, 4) is 5.75 Å². The summed E-state index contributed by atoms with van der Waals surface area (Å²) in [5.41, 5.74) is 0.699. The van der Waals surface area contributed by atoms with Crippen molar-refractivity contribution in [2.45, 2.75) is 18.4 Å². The SMILES string of the molecule is Cc1ccc(S(=O)(=O)Nc2ccccc2OC(F)F)c(Cl)c1. The van der Waals surface area contributed by atoms with Crippen LogP contribution in [0.5, 0.6) is 5.75 Å². The van der Waals surface area contributed by atoms with Gasteiger partial charge in [0.15, 0.2) is 0 Å². The molecule has 4 nitrogen and oxygen atoms in total. The highest BCUT2D eigenvalue weighted by molar-refractivity contribution is 7.92. The molecule has 118 valence electrons. The molecule has 2 rings (SSSR count). The fourth-order valence-corrected chi connectivity index (χ4v) is 3.44. The fourth-order valence-electron chi connectivity index (χ4n) is 1.77. The van der Waals surface area contributed by atoms with Crippen LogP contribution in [0.4, 0.5) is 14.5 Å². The van der Waals surface area contributed by atoms with Crippen molar-refractivity contribution >= 4 is 27.3 Å². The highest BCUT2D eigenvalue weighted by Crippen LogP contribution is 2.30. The molecule has 0 heterocycles. The van der Waals surface area contributed by atoms with E-state index in [1.165, 1.54) is 36.4 Å². The van der Waals surface area contributed by atoms with E-state index in [0.29, 0.717) is 0 Å². The Bertz CT molecular complexity index is 781. The molecule has 0 aliphatic carbocycles. The van der Waals surface area contributed by atoms with Gasteiger partial charge >= 0.3 is 6.61 Å². The lowest BCUT2D eigenvalue weighted by atomic mass is 10.2. The summed E-state index contributed by atoms with van der Waals surface area (Å²) < 4.78 is 55.8. The summed E-state index contributed by atoms with van der Waals surface area (Å²) in [6, 6.07) is 9.93. The number of aryl methyl sites for hydroxylation is 1. The summed E-state index contributed by atoms with van der Waals surface area (Å²) in [6.45, 7) is -1.30. The van der Waals surface area contributed by atoms with E-state index in [1.807, 2.05) is 0 Å². The third kappa shape index (κ3) is 3.86. The number of hydrogen-bond acceptors (Lipinski definition) is 3. The Balaban J connectivity index is 2.37. The van der Waals surface area contributed by atoms with Crippen molar-refractivity contribution in [2.24, 2.45) is 0 Å². The number of para-hydroxylation sites is 2. The van der Waals surface area contributed by atoms with Crippen molar-refractivity contribution in [1.29, 1.82) is 0 Å². The van der Waals surface area contributed by atoms with Crippen LogP contribution in [-0.4, -0.2) is 15.0 Å². The molecular formula is C14H12ClF2NO3S. The van der Waals surface area contributed by atoms with Crippen molar-refractivity contribution in [1.82, 2.24) is 0 Å². The van der Waals surface area contributed by atoms with Crippen molar-refractivity contribution in [3.05, 3.63) is 53.1 Å². The number of halogens is 3. The molecule has 0 bridgehead atoms. The standard InChI is InChI=1S/C14H12ClF2NO3S/c1-9-6-7-13(10(15)8-9)22(19,20)18-11-4-2-3-5-12(11)21-14(16)17/h2-8,14,18H,1H3. The van der Waals surface area contributed by atoms with E-state index >= 15 is 0 Å². The number of ether oxygens (including phenoxy) is 1. The van der Waals surface area contributed by atoms with Crippen LogP contribution in [0.2, 0.25) is 5.02 Å². The van der Waals surface area contributed by atoms with Crippen molar-refractivity contribution in [2.75, 3.05) is 4.72 Å². The molecule has 0 spiro atoms. The van der Waals surface area contributed by atoms with Crippen LogP contribution in [0.1, 0.15) is 5.56 Å². The topological polar surface area (TPSA) is 55.4 Å². The Morgan fingerprint density at radius 2 is 1.86 bits per heavy atom. The lowest BCUT2D eigenvalue weighted by Crippen LogP contribution is -2.15. The van der Waals surface area contributed by atoms with Crippen LogP contribution in [0.25, 0.3) is 0 Å². The molecule has 0 radical (unpaired) electrons. The molecule has 8 heteroatoms. The lowest BCUT2D eigenvalue weighted by molar-refractivity contribution is -0.0493. The van der Waals surface area contributed by atoms with Gasteiger partial charge in [-0.25, -0.2) is 8.42 Å². The molecule has 1 N–H and O–H groups in total. The molecule has 0 saturated heterocycles. The van der Waals surface area contributed by atoms with Gasteiger partial charge in [-0.3, -0.25) is 4.72 Å². The zero-order chi connectivity index (χ0) is 16.3. The molecule has 2 aromatic carbocycles. The van der Waals surface area contributed by atoms with Gasteiger partial charge < -0.3 is 4.74 Å². The van der Waals surface area contributed by atoms with Gasteiger partial charge in [-0.15, -0.1) is 0 Å². The minimum atomic E-state index is -4.03. The maximum Gasteiger partial charge on any atom is 0.387 e. The number of alkyl halides is 2. The number of rotatable bonds is 5. The van der Waals surface area contributed by atoms with E-state index in [-0.39, 0.29) is 21.4 Å². The summed E-state index contributed by atoms with van der Waals surface area (Å²) >= 11 is 5.93. The molecule has 2 aromatic rings. The smallest absolute Gasteiger partial charge is 0.387 e. The second kappa shape index (κ2) is 6.50. The van der Waals surface area contributed by atoms with Crippen molar-refractivity contribution < 1.29 is 21.9 Å². The number of sulfonamides is 1. The van der Waals surface area contributed by atoms with E-state index in [0.717, 1.165) is 5.56 Å². The Morgan fingerprint density at radius 1 is 1.18 bits per heavy atom. The maximum atomic E-state index is 12.3. The zero-order valence-corrected chi connectivity index (χ0v) is 13.0. The van der Waals surface area contributed by atoms with Crippen LogP contribution in [-0.2, 0) is 10.0 Å². The third-order valence-corrected chi connectivity index (χ3v) is 4.57. The molecule has 0 atom stereocenters. The van der Waals surface area contributed by atoms with E-state index in [1.54, 1.807) is 13.0 Å². The van der Waals surface area contributed by atoms with Gasteiger partial charge in [0.25, 0.3) is 10.0 Å². The Morgan fingerprint density at radius 3 is 2.50 bits per heavy atom. The predicted octanol–water partition coefficient (Wildman–Crippen LogP) is 4.05. The van der Waals surface area contributed by atoms with Crippen LogP contribution >= 0.6 is 11.6 Å². The summed E-state index contributed by atoms with van der Waals surface area (Å²) in [7, 11) is -4.03. The highest BCUT2D eigenvalue weighted by atomic mass is 35.5. The van der Waals surface area contributed by atoms with E-state index in [9.17, 15) is 17.2 Å². The molecule has 0 aliphatic rings.